The van der Waals surface area contributed by atoms with Gasteiger partial charge in [0.05, 0.1) is 5.56 Å². The van der Waals surface area contributed by atoms with Crippen LogP contribution in [0.4, 0.5) is 4.39 Å². The fourth-order valence-electron chi connectivity index (χ4n) is 2.88. The molecule has 1 heterocycles. The molecule has 0 spiro atoms. The summed E-state index contributed by atoms with van der Waals surface area (Å²) in [6, 6.07) is 11.5. The van der Waals surface area contributed by atoms with Crippen LogP contribution in [0.1, 0.15) is 27.2 Å². The topological polar surface area (TPSA) is 62.4 Å². The van der Waals surface area contributed by atoms with E-state index < -0.39 is 18.5 Å². The molecule has 0 fully saturated rings. The van der Waals surface area contributed by atoms with Crippen molar-refractivity contribution in [3.8, 4) is 0 Å². The Kier molecular flexibility index (Phi) is 5.26. The number of nitrogens with one attached hydrogen (secondary N) is 1. The van der Waals surface area contributed by atoms with Gasteiger partial charge < -0.3 is 14.6 Å². The lowest BCUT2D eigenvalue weighted by Gasteiger charge is -2.17. The van der Waals surface area contributed by atoms with Crippen molar-refractivity contribution >= 4 is 22.8 Å². The maximum absolute atomic E-state index is 13.7. The molecule has 140 valence electrons. The first-order chi connectivity index (χ1) is 12.9. The van der Waals surface area contributed by atoms with Crippen molar-refractivity contribution in [2.45, 2.75) is 20.4 Å². The quantitative estimate of drug-likeness (QED) is 0.698. The van der Waals surface area contributed by atoms with E-state index in [4.69, 9.17) is 4.74 Å². The molecule has 0 radical (unpaired) electrons. The first-order valence-electron chi connectivity index (χ1n) is 8.60. The number of ether oxygens (including phenoxy) is 1. The number of rotatable bonds is 5. The third-order valence-electron chi connectivity index (χ3n) is 4.66. The van der Waals surface area contributed by atoms with Crippen LogP contribution in [-0.4, -0.2) is 35.4 Å². The predicted molar refractivity (Wildman–Crippen MR) is 101 cm³/mol. The van der Waals surface area contributed by atoms with Gasteiger partial charge in [-0.15, -0.1) is 0 Å². The second-order valence-corrected chi connectivity index (χ2v) is 6.55. The molecular formula is C21H21FN2O3. The van der Waals surface area contributed by atoms with Crippen molar-refractivity contribution in [1.29, 1.82) is 0 Å². The number of aromatic nitrogens is 1. The van der Waals surface area contributed by atoms with Crippen molar-refractivity contribution in [2.24, 2.45) is 0 Å². The number of halogens is 1. The maximum Gasteiger partial charge on any atom is 0.338 e. The molecule has 0 aliphatic rings. The average Bonchev–Trinajstić information content (AvgIpc) is 2.94. The number of carbonyl (C=O) groups is 2. The molecule has 2 aromatic carbocycles. The van der Waals surface area contributed by atoms with E-state index in [2.05, 4.69) is 4.98 Å². The number of carbonyl (C=O) groups excluding carboxylic acids is 2. The summed E-state index contributed by atoms with van der Waals surface area (Å²) in [7, 11) is 1.54. The lowest BCUT2D eigenvalue weighted by Crippen LogP contribution is -2.31. The van der Waals surface area contributed by atoms with Crippen LogP contribution in [0.5, 0.6) is 0 Å². The zero-order valence-corrected chi connectivity index (χ0v) is 15.5. The molecule has 0 atom stereocenters. The smallest absolute Gasteiger partial charge is 0.338 e. The van der Waals surface area contributed by atoms with E-state index >= 15 is 0 Å². The Hall–Kier alpha value is -3.15. The zero-order valence-electron chi connectivity index (χ0n) is 15.5. The average molecular weight is 368 g/mol. The fourth-order valence-corrected chi connectivity index (χ4v) is 2.88. The molecule has 1 amide bonds. The number of hydrogen-bond acceptors (Lipinski definition) is 3. The summed E-state index contributed by atoms with van der Waals surface area (Å²) in [5, 5.41) is 0.949. The lowest BCUT2D eigenvalue weighted by atomic mass is 10.1. The van der Waals surface area contributed by atoms with Crippen LogP contribution in [0, 0.1) is 19.7 Å². The van der Waals surface area contributed by atoms with E-state index in [1.54, 1.807) is 37.4 Å². The van der Waals surface area contributed by atoms with Gasteiger partial charge in [0, 0.05) is 35.8 Å². The van der Waals surface area contributed by atoms with Crippen molar-refractivity contribution < 1.29 is 18.7 Å². The van der Waals surface area contributed by atoms with Crippen LogP contribution in [0.25, 0.3) is 10.9 Å². The molecule has 6 heteroatoms. The van der Waals surface area contributed by atoms with Gasteiger partial charge in [-0.1, -0.05) is 18.2 Å². The number of hydrogen-bond donors (Lipinski definition) is 1. The highest BCUT2D eigenvalue weighted by molar-refractivity contribution is 5.96. The number of fused-ring (bicyclic) bond motifs is 1. The number of aryl methyl sites for hydroxylation is 2. The number of aromatic amines is 1. The standard InChI is InChI=1S/C21H21FN2O3/c1-13-14(2)23-19-9-8-15(10-17(13)19)21(26)27-12-20(25)24(3)11-16-6-4-5-7-18(16)22/h4-10,23H,11-12H2,1-3H3. The first-order valence-corrected chi connectivity index (χ1v) is 8.60. The molecule has 0 aliphatic heterocycles. The van der Waals surface area contributed by atoms with E-state index in [0.29, 0.717) is 11.1 Å². The van der Waals surface area contributed by atoms with Crippen LogP contribution >= 0.6 is 0 Å². The lowest BCUT2D eigenvalue weighted by molar-refractivity contribution is -0.133. The van der Waals surface area contributed by atoms with Crippen LogP contribution in [0.2, 0.25) is 0 Å². The molecule has 0 saturated carbocycles. The molecule has 3 rings (SSSR count). The van der Waals surface area contributed by atoms with Crippen LogP contribution in [-0.2, 0) is 16.1 Å². The van der Waals surface area contributed by atoms with Crippen molar-refractivity contribution in [2.75, 3.05) is 13.7 Å². The van der Waals surface area contributed by atoms with Crippen LogP contribution in [0.3, 0.4) is 0 Å². The third-order valence-corrected chi connectivity index (χ3v) is 4.66. The van der Waals surface area contributed by atoms with Crippen LogP contribution in [0.15, 0.2) is 42.5 Å². The monoisotopic (exact) mass is 368 g/mol. The van der Waals surface area contributed by atoms with Crippen molar-refractivity contribution in [3.05, 3.63) is 70.7 Å². The summed E-state index contributed by atoms with van der Waals surface area (Å²) in [5.41, 5.74) is 3.85. The number of benzene rings is 2. The maximum atomic E-state index is 13.7. The molecule has 0 unspecified atom stereocenters. The van der Waals surface area contributed by atoms with Gasteiger partial charge in [0.2, 0.25) is 0 Å². The molecule has 3 aromatic rings. The molecule has 1 aromatic heterocycles. The van der Waals surface area contributed by atoms with Crippen LogP contribution < -0.4 is 0 Å². The molecule has 27 heavy (non-hydrogen) atoms. The molecule has 0 saturated heterocycles. The fraction of sp³-hybridized carbons (Fsp3) is 0.238. The van der Waals surface area contributed by atoms with Crippen molar-refractivity contribution in [3.63, 3.8) is 0 Å². The van der Waals surface area contributed by atoms with Gasteiger partial charge in [-0.3, -0.25) is 4.79 Å². The van der Waals surface area contributed by atoms with E-state index in [9.17, 15) is 14.0 Å². The SMILES string of the molecule is Cc1[nH]c2ccc(C(=O)OCC(=O)N(C)Cc3ccccc3F)cc2c1C. The summed E-state index contributed by atoms with van der Waals surface area (Å²) in [6.45, 7) is 3.66. The van der Waals surface area contributed by atoms with E-state index in [0.717, 1.165) is 22.2 Å². The van der Waals surface area contributed by atoms with Gasteiger partial charge in [-0.2, -0.15) is 0 Å². The highest BCUT2D eigenvalue weighted by atomic mass is 19.1. The second-order valence-electron chi connectivity index (χ2n) is 6.55. The summed E-state index contributed by atoms with van der Waals surface area (Å²) >= 11 is 0. The minimum atomic E-state index is -0.567. The molecular weight excluding hydrogens is 347 g/mol. The third kappa shape index (κ3) is 4.00. The molecule has 5 nitrogen and oxygen atoms in total. The zero-order chi connectivity index (χ0) is 19.6. The van der Waals surface area contributed by atoms with E-state index in [-0.39, 0.29) is 12.4 Å². The van der Waals surface area contributed by atoms with Gasteiger partial charge >= 0.3 is 5.97 Å². The Morgan fingerprint density at radius 2 is 1.89 bits per heavy atom. The minimum Gasteiger partial charge on any atom is -0.452 e. The number of H-pyrrole nitrogens is 1. The Bertz CT molecular complexity index is 1010. The summed E-state index contributed by atoms with van der Waals surface area (Å²) < 4.78 is 18.8. The Labute approximate surface area is 156 Å². The highest BCUT2D eigenvalue weighted by Crippen LogP contribution is 2.22. The number of likely N-dealkylation sites (N-methyl/N-ethyl adjacent to an activating group) is 1. The van der Waals surface area contributed by atoms with Crippen molar-refractivity contribution in [1.82, 2.24) is 9.88 Å². The predicted octanol–water partition coefficient (Wildman–Crippen LogP) is 3.74. The van der Waals surface area contributed by atoms with Gasteiger partial charge in [0.15, 0.2) is 6.61 Å². The first kappa shape index (κ1) is 18.6. The van der Waals surface area contributed by atoms with E-state index in [1.807, 2.05) is 19.9 Å². The molecule has 1 N–H and O–H groups in total. The normalized spacial score (nSPS) is 10.8. The van der Waals surface area contributed by atoms with E-state index in [1.165, 1.54) is 11.0 Å². The number of amides is 1. The second kappa shape index (κ2) is 7.61. The van der Waals surface area contributed by atoms with Gasteiger partial charge in [0.25, 0.3) is 5.91 Å². The molecule has 0 bridgehead atoms. The summed E-state index contributed by atoms with van der Waals surface area (Å²) in [4.78, 5) is 29.0. The number of esters is 1. The van der Waals surface area contributed by atoms with Gasteiger partial charge in [0.1, 0.15) is 5.82 Å². The highest BCUT2D eigenvalue weighted by Gasteiger charge is 2.16. The summed E-state index contributed by atoms with van der Waals surface area (Å²) in [6.07, 6.45) is 0. The van der Waals surface area contributed by atoms with Gasteiger partial charge in [-0.05, 0) is 43.7 Å². The Morgan fingerprint density at radius 1 is 1.15 bits per heavy atom. The Balaban J connectivity index is 1.62. The number of nitrogens with zero attached hydrogens (tertiary/aromatic N) is 1. The Morgan fingerprint density at radius 3 is 2.63 bits per heavy atom. The van der Waals surface area contributed by atoms with Gasteiger partial charge in [-0.25, -0.2) is 9.18 Å². The largest absolute Gasteiger partial charge is 0.452 e. The summed E-state index contributed by atoms with van der Waals surface area (Å²) in [5.74, 6) is -1.34. The molecule has 0 aliphatic carbocycles. The minimum absolute atomic E-state index is 0.108.